The lowest BCUT2D eigenvalue weighted by Gasteiger charge is -2.25. The van der Waals surface area contributed by atoms with Gasteiger partial charge in [0.05, 0.1) is 13.2 Å². The normalized spacial score (nSPS) is 12.1. The molecule has 5 nitrogen and oxygen atoms in total. The predicted octanol–water partition coefficient (Wildman–Crippen LogP) is 1.71. The first kappa shape index (κ1) is 15.3. The molecule has 106 valence electrons. The highest BCUT2D eigenvalue weighted by Gasteiger charge is 2.15. The maximum atomic E-state index is 11.2. The number of benzene rings is 1. The molecule has 0 radical (unpaired) electrons. The summed E-state index contributed by atoms with van der Waals surface area (Å²) in [6, 6.07) is 8.43. The minimum Gasteiger partial charge on any atom is -0.453 e. The summed E-state index contributed by atoms with van der Waals surface area (Å²) in [7, 11) is 9.37. The summed E-state index contributed by atoms with van der Waals surface area (Å²) >= 11 is 0. The van der Waals surface area contributed by atoms with Crippen molar-refractivity contribution in [2.45, 2.75) is 6.04 Å². The van der Waals surface area contributed by atoms with Crippen LogP contribution in [0.25, 0.3) is 0 Å². The fourth-order valence-corrected chi connectivity index (χ4v) is 1.85. The zero-order valence-corrected chi connectivity index (χ0v) is 12.3. The number of carbonyl (C=O) groups excluding carboxylic acids is 1. The third kappa shape index (κ3) is 4.44. The van der Waals surface area contributed by atoms with Crippen LogP contribution in [0.3, 0.4) is 0 Å². The van der Waals surface area contributed by atoms with E-state index in [-0.39, 0.29) is 6.04 Å². The SMILES string of the molecule is COC(=O)NC[C@@H](c1ccc(N(C)C)cc1)N(C)C. The van der Waals surface area contributed by atoms with Crippen molar-refractivity contribution < 1.29 is 9.53 Å². The Bertz CT molecular complexity index is 402. The van der Waals surface area contributed by atoms with Crippen molar-refractivity contribution in [3.63, 3.8) is 0 Å². The van der Waals surface area contributed by atoms with Crippen LogP contribution in [0.1, 0.15) is 11.6 Å². The van der Waals surface area contributed by atoms with Crippen molar-refractivity contribution in [3.8, 4) is 0 Å². The molecule has 0 aromatic heterocycles. The second-order valence-electron chi connectivity index (χ2n) is 4.84. The van der Waals surface area contributed by atoms with Crippen LogP contribution in [0.5, 0.6) is 0 Å². The average molecular weight is 265 g/mol. The van der Waals surface area contributed by atoms with Gasteiger partial charge in [0, 0.05) is 26.3 Å². The van der Waals surface area contributed by atoms with Gasteiger partial charge in [-0.3, -0.25) is 0 Å². The molecule has 1 amide bonds. The van der Waals surface area contributed by atoms with Crippen LogP contribution in [-0.4, -0.2) is 52.8 Å². The molecule has 0 saturated carbocycles. The Morgan fingerprint density at radius 3 is 2.21 bits per heavy atom. The van der Waals surface area contributed by atoms with Crippen LogP contribution in [0.4, 0.5) is 10.5 Å². The van der Waals surface area contributed by atoms with E-state index in [1.807, 2.05) is 28.2 Å². The number of nitrogens with zero attached hydrogens (tertiary/aromatic N) is 2. The third-order valence-electron chi connectivity index (χ3n) is 3.04. The lowest BCUT2D eigenvalue weighted by atomic mass is 10.1. The Kier molecular flexibility index (Phi) is 5.63. The molecule has 0 saturated heterocycles. The molecule has 1 atom stereocenters. The second-order valence-corrected chi connectivity index (χ2v) is 4.84. The molecule has 1 N–H and O–H groups in total. The van der Waals surface area contributed by atoms with Crippen molar-refractivity contribution >= 4 is 11.8 Å². The fraction of sp³-hybridized carbons (Fsp3) is 0.500. The van der Waals surface area contributed by atoms with Crippen LogP contribution in [0.2, 0.25) is 0 Å². The molecule has 0 fully saturated rings. The van der Waals surface area contributed by atoms with Gasteiger partial charge in [-0.05, 0) is 31.8 Å². The number of rotatable bonds is 5. The Morgan fingerprint density at radius 2 is 1.79 bits per heavy atom. The minimum absolute atomic E-state index is 0.121. The van der Waals surface area contributed by atoms with Gasteiger partial charge in [0.1, 0.15) is 0 Å². The minimum atomic E-state index is -0.406. The summed E-state index contributed by atoms with van der Waals surface area (Å²) in [4.78, 5) is 15.3. The number of nitrogens with one attached hydrogen (secondary N) is 1. The summed E-state index contributed by atoms with van der Waals surface area (Å²) in [5.41, 5.74) is 2.31. The van der Waals surface area contributed by atoms with Gasteiger partial charge in [-0.25, -0.2) is 4.79 Å². The average Bonchev–Trinajstić information content (AvgIpc) is 2.38. The molecule has 19 heavy (non-hydrogen) atoms. The van der Waals surface area contributed by atoms with Crippen LogP contribution in [0, 0.1) is 0 Å². The molecular weight excluding hydrogens is 242 g/mol. The first-order valence-corrected chi connectivity index (χ1v) is 6.21. The molecule has 1 aromatic rings. The smallest absolute Gasteiger partial charge is 0.406 e. The van der Waals surface area contributed by atoms with E-state index in [1.54, 1.807) is 0 Å². The molecular formula is C14H23N3O2. The maximum absolute atomic E-state index is 11.2. The first-order chi connectivity index (χ1) is 8.95. The molecule has 1 aromatic carbocycles. The number of likely N-dealkylation sites (N-methyl/N-ethyl adjacent to an activating group) is 1. The summed E-state index contributed by atoms with van der Waals surface area (Å²) < 4.78 is 4.59. The molecule has 0 aliphatic rings. The van der Waals surface area contributed by atoms with Gasteiger partial charge >= 0.3 is 6.09 Å². The van der Waals surface area contributed by atoms with E-state index in [1.165, 1.54) is 7.11 Å². The summed E-state index contributed by atoms with van der Waals surface area (Å²) in [5.74, 6) is 0. The topological polar surface area (TPSA) is 44.8 Å². The van der Waals surface area contributed by atoms with E-state index in [9.17, 15) is 4.79 Å². The predicted molar refractivity (Wildman–Crippen MR) is 77.6 cm³/mol. The highest BCUT2D eigenvalue weighted by atomic mass is 16.5. The standard InChI is InChI=1S/C14H23N3O2/c1-16(2)12-8-6-11(7-9-12)13(17(3)4)10-15-14(18)19-5/h6-9,13H,10H2,1-5H3,(H,15,18)/t13-/m0/s1. The third-order valence-corrected chi connectivity index (χ3v) is 3.04. The second kappa shape index (κ2) is 6.99. The van der Waals surface area contributed by atoms with E-state index < -0.39 is 6.09 Å². The number of ether oxygens (including phenoxy) is 1. The van der Waals surface area contributed by atoms with E-state index in [0.29, 0.717) is 6.54 Å². The number of amides is 1. The molecule has 0 unspecified atom stereocenters. The van der Waals surface area contributed by atoms with E-state index in [4.69, 9.17) is 0 Å². The first-order valence-electron chi connectivity index (χ1n) is 6.21. The van der Waals surface area contributed by atoms with Crippen molar-refractivity contribution in [2.24, 2.45) is 0 Å². The lowest BCUT2D eigenvalue weighted by Crippen LogP contribution is -2.34. The number of methoxy groups -OCH3 is 1. The molecule has 1 rings (SSSR count). The number of anilines is 1. The maximum Gasteiger partial charge on any atom is 0.406 e. The van der Waals surface area contributed by atoms with Crippen LogP contribution < -0.4 is 10.2 Å². The summed E-state index contributed by atoms with van der Waals surface area (Å²) in [6.45, 7) is 0.515. The van der Waals surface area contributed by atoms with Gasteiger partial charge in [0.15, 0.2) is 0 Å². The highest BCUT2D eigenvalue weighted by Crippen LogP contribution is 2.20. The summed E-state index contributed by atoms with van der Waals surface area (Å²) in [5, 5.41) is 2.74. The monoisotopic (exact) mass is 265 g/mol. The van der Waals surface area contributed by atoms with Gasteiger partial charge < -0.3 is 19.9 Å². The Labute approximate surface area is 115 Å². The quantitative estimate of drug-likeness (QED) is 0.880. The highest BCUT2D eigenvalue weighted by molar-refractivity contribution is 5.66. The van der Waals surface area contributed by atoms with E-state index in [0.717, 1.165) is 11.3 Å². The van der Waals surface area contributed by atoms with Gasteiger partial charge in [0.2, 0.25) is 0 Å². The molecule has 0 heterocycles. The van der Waals surface area contributed by atoms with Crippen molar-refractivity contribution in [1.29, 1.82) is 0 Å². The van der Waals surface area contributed by atoms with Crippen LogP contribution in [0.15, 0.2) is 24.3 Å². The largest absolute Gasteiger partial charge is 0.453 e. The zero-order valence-electron chi connectivity index (χ0n) is 12.3. The van der Waals surface area contributed by atoms with E-state index >= 15 is 0 Å². The van der Waals surface area contributed by atoms with Gasteiger partial charge in [-0.1, -0.05) is 12.1 Å². The zero-order chi connectivity index (χ0) is 14.4. The molecule has 5 heteroatoms. The molecule has 0 spiro atoms. The number of alkyl carbamates (subject to hydrolysis) is 1. The van der Waals surface area contributed by atoms with Crippen LogP contribution >= 0.6 is 0 Å². The molecule has 0 aliphatic heterocycles. The molecule has 0 aliphatic carbocycles. The van der Waals surface area contributed by atoms with E-state index in [2.05, 4.69) is 44.1 Å². The summed E-state index contributed by atoms with van der Waals surface area (Å²) in [6.07, 6.45) is -0.406. The van der Waals surface area contributed by atoms with Crippen molar-refractivity contribution in [2.75, 3.05) is 46.7 Å². The lowest BCUT2D eigenvalue weighted by molar-refractivity contribution is 0.166. The Morgan fingerprint density at radius 1 is 1.21 bits per heavy atom. The van der Waals surface area contributed by atoms with Crippen LogP contribution in [-0.2, 0) is 4.74 Å². The fourth-order valence-electron chi connectivity index (χ4n) is 1.85. The Hall–Kier alpha value is -1.75. The Balaban J connectivity index is 2.78. The number of hydrogen-bond donors (Lipinski definition) is 1. The van der Waals surface area contributed by atoms with Gasteiger partial charge in [-0.2, -0.15) is 0 Å². The van der Waals surface area contributed by atoms with Crippen molar-refractivity contribution in [3.05, 3.63) is 29.8 Å². The van der Waals surface area contributed by atoms with Gasteiger partial charge in [-0.15, -0.1) is 0 Å². The van der Waals surface area contributed by atoms with Crippen molar-refractivity contribution in [1.82, 2.24) is 10.2 Å². The molecule has 0 bridgehead atoms. The number of carbonyl (C=O) groups is 1. The van der Waals surface area contributed by atoms with Gasteiger partial charge in [0.25, 0.3) is 0 Å². The number of hydrogen-bond acceptors (Lipinski definition) is 4.